The Balaban J connectivity index is 1.74. The summed E-state index contributed by atoms with van der Waals surface area (Å²) in [7, 11) is 0. The van der Waals surface area contributed by atoms with Crippen molar-refractivity contribution in [2.75, 3.05) is 6.61 Å². The third-order valence-corrected chi connectivity index (χ3v) is 4.75. The maximum absolute atomic E-state index is 12.2. The molecular weight excluding hydrogens is 515 g/mol. The Hall–Kier alpha value is -2.07. The molecule has 8 heteroatoms. The molecule has 0 unspecified atom stereocenters. The average Bonchev–Trinajstić information content (AvgIpc) is 3.02. The van der Waals surface area contributed by atoms with Crippen LogP contribution >= 0.6 is 38.5 Å². The first-order valence-corrected chi connectivity index (χ1v) is 9.53. The van der Waals surface area contributed by atoms with Gasteiger partial charge >= 0.3 is 5.91 Å². The highest BCUT2D eigenvalue weighted by Gasteiger charge is 2.12. The molecule has 1 heterocycles. The summed E-state index contributed by atoms with van der Waals surface area (Å²) >= 11 is 5.38. The van der Waals surface area contributed by atoms with E-state index in [0.717, 1.165) is 9.86 Å². The second-order valence-corrected chi connectivity index (χ2v) is 7.35. The Morgan fingerprint density at radius 1 is 1.38 bits per heavy atom. The molecule has 134 valence electrons. The first-order chi connectivity index (χ1) is 12.5. The first-order valence-electron chi connectivity index (χ1n) is 7.65. The Bertz CT molecular complexity index is 1000. The van der Waals surface area contributed by atoms with Crippen molar-refractivity contribution in [3.8, 4) is 11.5 Å². The van der Waals surface area contributed by atoms with Crippen molar-refractivity contribution in [2.45, 2.75) is 6.92 Å². The fourth-order valence-electron chi connectivity index (χ4n) is 2.28. The SMILES string of the molecule is CCOc1cc(/C=N/NC(=O)c2cc3cc(Br)ccc3o2)cc(I)c1O. The van der Waals surface area contributed by atoms with Crippen LogP contribution in [0.2, 0.25) is 0 Å². The van der Waals surface area contributed by atoms with E-state index in [4.69, 9.17) is 9.15 Å². The van der Waals surface area contributed by atoms with Crippen molar-refractivity contribution in [1.29, 1.82) is 0 Å². The number of fused-ring (bicyclic) bond motifs is 1. The number of aromatic hydroxyl groups is 1. The number of carbonyl (C=O) groups is 1. The van der Waals surface area contributed by atoms with Gasteiger partial charge in [0, 0.05) is 9.86 Å². The second-order valence-electron chi connectivity index (χ2n) is 5.27. The summed E-state index contributed by atoms with van der Waals surface area (Å²) in [5.41, 5.74) is 3.73. The summed E-state index contributed by atoms with van der Waals surface area (Å²) in [6.07, 6.45) is 1.47. The minimum Gasteiger partial charge on any atom is -0.504 e. The summed E-state index contributed by atoms with van der Waals surface area (Å²) in [4.78, 5) is 12.2. The zero-order chi connectivity index (χ0) is 18.7. The zero-order valence-corrected chi connectivity index (χ0v) is 17.4. The number of ether oxygens (including phenoxy) is 1. The molecule has 1 amide bonds. The van der Waals surface area contributed by atoms with E-state index in [2.05, 4.69) is 26.5 Å². The van der Waals surface area contributed by atoms with Crippen molar-refractivity contribution in [1.82, 2.24) is 5.43 Å². The molecule has 26 heavy (non-hydrogen) atoms. The van der Waals surface area contributed by atoms with E-state index < -0.39 is 5.91 Å². The van der Waals surface area contributed by atoms with E-state index in [1.165, 1.54) is 6.21 Å². The summed E-state index contributed by atoms with van der Waals surface area (Å²) < 4.78 is 12.4. The number of amides is 1. The molecule has 2 aromatic carbocycles. The van der Waals surface area contributed by atoms with Crippen LogP contribution in [-0.2, 0) is 0 Å². The Labute approximate surface area is 171 Å². The summed E-state index contributed by atoms with van der Waals surface area (Å²) in [5, 5.41) is 14.7. The summed E-state index contributed by atoms with van der Waals surface area (Å²) in [6.45, 7) is 2.27. The van der Waals surface area contributed by atoms with Gasteiger partial charge in [-0.2, -0.15) is 5.10 Å². The van der Waals surface area contributed by atoms with Crippen molar-refractivity contribution >= 4 is 61.6 Å². The molecule has 3 rings (SSSR count). The molecule has 0 aliphatic rings. The number of hydrogen-bond donors (Lipinski definition) is 2. The molecule has 0 aliphatic heterocycles. The van der Waals surface area contributed by atoms with Crippen molar-refractivity contribution < 1.29 is 19.1 Å². The van der Waals surface area contributed by atoms with E-state index in [1.807, 2.05) is 41.6 Å². The monoisotopic (exact) mass is 528 g/mol. The van der Waals surface area contributed by atoms with Crippen LogP contribution in [0.25, 0.3) is 11.0 Å². The number of halogens is 2. The molecule has 0 bridgehead atoms. The maximum atomic E-state index is 12.2. The fraction of sp³-hybridized carbons (Fsp3) is 0.111. The van der Waals surface area contributed by atoms with Gasteiger partial charge in [-0.3, -0.25) is 4.79 Å². The van der Waals surface area contributed by atoms with Gasteiger partial charge in [0.2, 0.25) is 0 Å². The van der Waals surface area contributed by atoms with E-state index in [9.17, 15) is 9.90 Å². The standard InChI is InChI=1S/C18H14BrIN2O4/c1-2-25-15-6-10(5-13(20)17(15)23)9-21-22-18(24)16-8-11-7-12(19)3-4-14(11)26-16/h3-9,23H,2H2,1H3,(H,22,24)/b21-9+. The summed E-state index contributed by atoms with van der Waals surface area (Å²) in [6, 6.07) is 10.5. The van der Waals surface area contributed by atoms with Gasteiger partial charge in [0.15, 0.2) is 17.3 Å². The molecule has 0 radical (unpaired) electrons. The summed E-state index contributed by atoms with van der Waals surface area (Å²) in [5.74, 6) is 0.176. The number of benzene rings is 2. The Morgan fingerprint density at radius 3 is 2.96 bits per heavy atom. The van der Waals surface area contributed by atoms with Crippen LogP contribution in [0, 0.1) is 3.57 Å². The first kappa shape index (κ1) is 18.7. The highest BCUT2D eigenvalue weighted by Crippen LogP contribution is 2.32. The Kier molecular flexibility index (Phi) is 5.82. The number of hydrazone groups is 1. The third-order valence-electron chi connectivity index (χ3n) is 3.43. The molecule has 0 atom stereocenters. The normalized spacial score (nSPS) is 11.2. The van der Waals surface area contributed by atoms with E-state index in [0.29, 0.717) is 27.1 Å². The quantitative estimate of drug-likeness (QED) is 0.286. The van der Waals surface area contributed by atoms with Gasteiger partial charge < -0.3 is 14.3 Å². The number of nitrogens with zero attached hydrogens (tertiary/aromatic N) is 1. The minimum atomic E-state index is -0.452. The molecule has 0 spiro atoms. The molecular formula is C18H14BrIN2O4. The third kappa shape index (κ3) is 4.18. The van der Waals surface area contributed by atoms with E-state index in [1.54, 1.807) is 24.3 Å². The smallest absolute Gasteiger partial charge is 0.307 e. The van der Waals surface area contributed by atoms with Gasteiger partial charge in [-0.1, -0.05) is 15.9 Å². The zero-order valence-electron chi connectivity index (χ0n) is 13.6. The van der Waals surface area contributed by atoms with Crippen molar-refractivity contribution in [3.05, 3.63) is 55.8 Å². The molecule has 0 fully saturated rings. The topological polar surface area (TPSA) is 84.1 Å². The van der Waals surface area contributed by atoms with Crippen LogP contribution in [0.5, 0.6) is 11.5 Å². The molecule has 3 aromatic rings. The molecule has 0 saturated heterocycles. The van der Waals surface area contributed by atoms with Gasteiger partial charge in [0.05, 0.1) is 16.4 Å². The van der Waals surface area contributed by atoms with Gasteiger partial charge in [0.25, 0.3) is 0 Å². The molecule has 2 N–H and O–H groups in total. The molecule has 0 aliphatic carbocycles. The number of phenolic OH excluding ortho intramolecular Hbond substituents is 1. The lowest BCUT2D eigenvalue weighted by Gasteiger charge is -2.08. The van der Waals surface area contributed by atoms with Crippen molar-refractivity contribution in [2.24, 2.45) is 5.10 Å². The largest absolute Gasteiger partial charge is 0.504 e. The van der Waals surface area contributed by atoms with Crippen LogP contribution in [0.3, 0.4) is 0 Å². The number of phenols is 1. The number of rotatable bonds is 5. The molecule has 0 saturated carbocycles. The molecule has 6 nitrogen and oxygen atoms in total. The molecule has 1 aromatic heterocycles. The van der Waals surface area contributed by atoms with Crippen LogP contribution in [0.4, 0.5) is 0 Å². The lowest BCUT2D eigenvalue weighted by Crippen LogP contribution is -2.16. The van der Waals surface area contributed by atoms with Crippen LogP contribution in [0.15, 0.2) is 50.4 Å². The van der Waals surface area contributed by atoms with Crippen LogP contribution in [0.1, 0.15) is 23.0 Å². The average molecular weight is 529 g/mol. The van der Waals surface area contributed by atoms with Gasteiger partial charge in [0.1, 0.15) is 5.58 Å². The van der Waals surface area contributed by atoms with Gasteiger partial charge in [-0.15, -0.1) is 0 Å². The van der Waals surface area contributed by atoms with Gasteiger partial charge in [-0.05, 0) is 71.5 Å². The van der Waals surface area contributed by atoms with Gasteiger partial charge in [-0.25, -0.2) is 5.43 Å². The lowest BCUT2D eigenvalue weighted by molar-refractivity contribution is 0.0929. The minimum absolute atomic E-state index is 0.0853. The number of hydrogen-bond acceptors (Lipinski definition) is 5. The van der Waals surface area contributed by atoms with Crippen LogP contribution in [-0.4, -0.2) is 23.8 Å². The van der Waals surface area contributed by atoms with Crippen LogP contribution < -0.4 is 10.2 Å². The second kappa shape index (κ2) is 8.09. The Morgan fingerprint density at radius 2 is 2.19 bits per heavy atom. The van der Waals surface area contributed by atoms with E-state index in [-0.39, 0.29) is 11.5 Å². The maximum Gasteiger partial charge on any atom is 0.307 e. The number of furan rings is 1. The lowest BCUT2D eigenvalue weighted by atomic mass is 10.2. The number of carbonyl (C=O) groups excluding carboxylic acids is 1. The number of nitrogens with one attached hydrogen (secondary N) is 1. The predicted molar refractivity (Wildman–Crippen MR) is 111 cm³/mol. The predicted octanol–water partition coefficient (Wildman–Crippen LogP) is 4.67. The van der Waals surface area contributed by atoms with E-state index >= 15 is 0 Å². The highest BCUT2D eigenvalue weighted by molar-refractivity contribution is 14.1. The van der Waals surface area contributed by atoms with Crippen molar-refractivity contribution in [3.63, 3.8) is 0 Å². The fourth-order valence-corrected chi connectivity index (χ4v) is 3.28. The highest BCUT2D eigenvalue weighted by atomic mass is 127.